The number of anilines is 1. The Morgan fingerprint density at radius 1 is 1.07 bits per heavy atom. The van der Waals surface area contributed by atoms with Gasteiger partial charge in [-0.25, -0.2) is 4.98 Å². The molecule has 0 bridgehead atoms. The zero-order chi connectivity index (χ0) is 32.1. The molecule has 8 nitrogen and oxygen atoms in total. The topological polar surface area (TPSA) is 98.4 Å². The third kappa shape index (κ3) is 7.87. The first-order valence-corrected chi connectivity index (χ1v) is 16.8. The number of nitrogens with zero attached hydrogens (tertiary/aromatic N) is 3. The number of carbonyl (C=O) groups is 2. The van der Waals surface area contributed by atoms with E-state index in [2.05, 4.69) is 35.1 Å². The SMILES string of the molecule is C=C1CC(C)CC(CC)(CC(=O)N2CCCN(C(=O)c3cccc(SNc4nc(-c5c(C)cccc5C)cc(=O)[nH]4)c3)CC2)C1. The standard InChI is InChI=1S/C36H45N5O3S/c1-6-36(21-24(2)18-25(3)22-36)23-32(43)40-14-9-15-41(17-16-40)34(44)28-12-8-13-29(19-28)45-39-35-37-30(20-31(42)38-35)33-26(4)10-7-11-27(33)5/h7-8,10-13,19-20,25H,2,6,9,14-18,21-23H2,1,3-5H3,(H2,37,38,39,42). The molecule has 2 fully saturated rings. The minimum atomic E-state index is -0.244. The van der Waals surface area contributed by atoms with Crippen LogP contribution in [-0.4, -0.2) is 57.8 Å². The van der Waals surface area contributed by atoms with Crippen LogP contribution in [-0.2, 0) is 4.79 Å². The molecule has 1 aliphatic heterocycles. The predicted octanol–water partition coefficient (Wildman–Crippen LogP) is 7.01. The average Bonchev–Trinajstić information content (AvgIpc) is 3.26. The lowest BCUT2D eigenvalue weighted by atomic mass is 9.65. The summed E-state index contributed by atoms with van der Waals surface area (Å²) in [5.41, 5.74) is 5.27. The Kier molecular flexibility index (Phi) is 10.2. The monoisotopic (exact) mass is 627 g/mol. The molecule has 2 atom stereocenters. The second-order valence-electron chi connectivity index (χ2n) is 13.0. The van der Waals surface area contributed by atoms with Gasteiger partial charge in [-0.1, -0.05) is 50.3 Å². The number of aromatic amines is 1. The molecule has 1 saturated heterocycles. The summed E-state index contributed by atoms with van der Waals surface area (Å²) in [5.74, 6) is 1.06. The Morgan fingerprint density at radius 2 is 1.78 bits per heavy atom. The Labute approximate surface area is 270 Å². The molecule has 1 saturated carbocycles. The predicted molar refractivity (Wildman–Crippen MR) is 182 cm³/mol. The lowest BCUT2D eigenvalue weighted by Crippen LogP contribution is -2.40. The third-order valence-corrected chi connectivity index (χ3v) is 10.1. The largest absolute Gasteiger partial charge is 0.341 e. The van der Waals surface area contributed by atoms with Crippen LogP contribution in [0.1, 0.15) is 73.9 Å². The first kappa shape index (κ1) is 32.5. The molecule has 1 aliphatic carbocycles. The van der Waals surface area contributed by atoms with E-state index in [0.717, 1.165) is 53.7 Å². The van der Waals surface area contributed by atoms with E-state index in [1.54, 1.807) is 0 Å². The van der Waals surface area contributed by atoms with Gasteiger partial charge in [0.25, 0.3) is 11.5 Å². The number of carbonyl (C=O) groups excluding carboxylic acids is 2. The number of hydrogen-bond acceptors (Lipinski definition) is 6. The van der Waals surface area contributed by atoms with Crippen molar-refractivity contribution in [2.75, 3.05) is 30.9 Å². The fraction of sp³-hybridized carbons (Fsp3) is 0.444. The summed E-state index contributed by atoms with van der Waals surface area (Å²) in [7, 11) is 0. The van der Waals surface area contributed by atoms with Crippen LogP contribution in [0, 0.1) is 25.2 Å². The number of hydrogen-bond donors (Lipinski definition) is 2. The van der Waals surface area contributed by atoms with E-state index in [0.29, 0.717) is 55.7 Å². The molecular formula is C36H45N5O3S. The van der Waals surface area contributed by atoms with Crippen LogP contribution in [0.4, 0.5) is 5.95 Å². The van der Waals surface area contributed by atoms with Gasteiger partial charge in [-0.05, 0) is 98.6 Å². The van der Waals surface area contributed by atoms with Crippen molar-refractivity contribution in [1.82, 2.24) is 19.8 Å². The van der Waals surface area contributed by atoms with Crippen LogP contribution in [0.25, 0.3) is 11.3 Å². The van der Waals surface area contributed by atoms with Gasteiger partial charge >= 0.3 is 0 Å². The fourth-order valence-electron chi connectivity index (χ4n) is 7.15. The molecule has 2 aliphatic rings. The number of H-pyrrole nitrogens is 1. The molecule has 3 aromatic rings. The van der Waals surface area contributed by atoms with Crippen molar-refractivity contribution in [3.8, 4) is 11.3 Å². The zero-order valence-electron chi connectivity index (χ0n) is 26.9. The van der Waals surface area contributed by atoms with Gasteiger partial charge in [0.05, 0.1) is 5.69 Å². The molecule has 2 unspecified atom stereocenters. The van der Waals surface area contributed by atoms with Crippen molar-refractivity contribution < 1.29 is 9.59 Å². The highest BCUT2D eigenvalue weighted by Gasteiger charge is 2.38. The summed E-state index contributed by atoms with van der Waals surface area (Å²) in [5, 5.41) is 0. The minimum absolute atomic E-state index is 0.00305. The maximum absolute atomic E-state index is 13.6. The van der Waals surface area contributed by atoms with E-state index in [-0.39, 0.29) is 22.8 Å². The van der Waals surface area contributed by atoms with E-state index < -0.39 is 0 Å². The Hall–Kier alpha value is -3.85. The smallest absolute Gasteiger partial charge is 0.253 e. The second kappa shape index (κ2) is 14.1. The number of nitrogens with one attached hydrogen (secondary N) is 2. The van der Waals surface area contributed by atoms with Crippen molar-refractivity contribution in [2.45, 2.75) is 71.1 Å². The molecule has 45 heavy (non-hydrogen) atoms. The number of amides is 2. The summed E-state index contributed by atoms with van der Waals surface area (Å²) in [6.07, 6.45) is 5.36. The number of allylic oxidation sites excluding steroid dienone is 1. The first-order chi connectivity index (χ1) is 21.6. The fourth-order valence-corrected chi connectivity index (χ4v) is 7.79. The molecule has 2 amide bonds. The highest BCUT2D eigenvalue weighted by molar-refractivity contribution is 8.00. The summed E-state index contributed by atoms with van der Waals surface area (Å²) in [4.78, 5) is 51.6. The first-order valence-electron chi connectivity index (χ1n) is 16.0. The quantitative estimate of drug-likeness (QED) is 0.206. The van der Waals surface area contributed by atoms with Gasteiger partial charge in [0.1, 0.15) is 0 Å². The molecule has 238 valence electrons. The Balaban J connectivity index is 1.21. The normalized spacial score (nSPS) is 20.5. The number of aromatic nitrogens is 2. The van der Waals surface area contributed by atoms with Gasteiger partial charge in [-0.3, -0.25) is 24.1 Å². The van der Waals surface area contributed by atoms with Crippen LogP contribution < -0.4 is 10.3 Å². The van der Waals surface area contributed by atoms with E-state index in [4.69, 9.17) is 0 Å². The van der Waals surface area contributed by atoms with Gasteiger partial charge in [0, 0.05) is 54.7 Å². The molecule has 2 heterocycles. The third-order valence-electron chi connectivity index (χ3n) is 9.28. The second-order valence-corrected chi connectivity index (χ2v) is 13.9. The average molecular weight is 628 g/mol. The van der Waals surface area contributed by atoms with Crippen LogP contribution >= 0.6 is 11.9 Å². The zero-order valence-corrected chi connectivity index (χ0v) is 27.8. The van der Waals surface area contributed by atoms with Crippen molar-refractivity contribution in [2.24, 2.45) is 11.3 Å². The van der Waals surface area contributed by atoms with Crippen molar-refractivity contribution in [1.29, 1.82) is 0 Å². The Morgan fingerprint density at radius 3 is 2.51 bits per heavy atom. The summed E-state index contributed by atoms with van der Waals surface area (Å²) < 4.78 is 3.15. The van der Waals surface area contributed by atoms with E-state index >= 15 is 0 Å². The maximum atomic E-state index is 13.6. The molecule has 1 aromatic heterocycles. The molecular weight excluding hydrogens is 582 g/mol. The van der Waals surface area contributed by atoms with Crippen LogP contribution in [0.2, 0.25) is 0 Å². The summed E-state index contributed by atoms with van der Waals surface area (Å²) >= 11 is 1.29. The van der Waals surface area contributed by atoms with Gasteiger partial charge in [-0.2, -0.15) is 0 Å². The molecule has 2 N–H and O–H groups in total. The number of rotatable bonds is 8. The number of aryl methyl sites for hydroxylation is 2. The lowest BCUT2D eigenvalue weighted by Gasteiger charge is -2.41. The van der Waals surface area contributed by atoms with Gasteiger partial charge in [0.2, 0.25) is 11.9 Å². The van der Waals surface area contributed by atoms with E-state index in [1.807, 2.05) is 66.1 Å². The van der Waals surface area contributed by atoms with Crippen molar-refractivity contribution in [3.63, 3.8) is 0 Å². The minimum Gasteiger partial charge on any atom is -0.341 e. The number of benzene rings is 2. The molecule has 2 aromatic carbocycles. The van der Waals surface area contributed by atoms with Crippen LogP contribution in [0.15, 0.2) is 70.4 Å². The van der Waals surface area contributed by atoms with Crippen LogP contribution in [0.3, 0.4) is 0 Å². The highest BCUT2D eigenvalue weighted by atomic mass is 32.2. The van der Waals surface area contributed by atoms with Crippen molar-refractivity contribution in [3.05, 3.63) is 87.7 Å². The summed E-state index contributed by atoms with van der Waals surface area (Å²) in [6, 6.07) is 15.0. The summed E-state index contributed by atoms with van der Waals surface area (Å²) in [6.45, 7) is 15.1. The van der Waals surface area contributed by atoms with Gasteiger partial charge in [-0.15, -0.1) is 0 Å². The van der Waals surface area contributed by atoms with Crippen LogP contribution in [0.5, 0.6) is 0 Å². The maximum Gasteiger partial charge on any atom is 0.253 e. The highest BCUT2D eigenvalue weighted by Crippen LogP contribution is 2.46. The van der Waals surface area contributed by atoms with Crippen molar-refractivity contribution >= 4 is 29.7 Å². The Bertz CT molecular complexity index is 1610. The molecule has 0 spiro atoms. The lowest BCUT2D eigenvalue weighted by molar-refractivity contribution is -0.134. The molecule has 5 rings (SSSR count). The molecule has 9 heteroatoms. The molecule has 0 radical (unpaired) electrons. The van der Waals surface area contributed by atoms with Gasteiger partial charge in [0.15, 0.2) is 0 Å². The van der Waals surface area contributed by atoms with E-state index in [9.17, 15) is 14.4 Å². The van der Waals surface area contributed by atoms with E-state index in [1.165, 1.54) is 23.6 Å². The van der Waals surface area contributed by atoms with Gasteiger partial charge < -0.3 is 9.80 Å².